The molecule has 0 aliphatic rings. The third-order valence-corrected chi connectivity index (χ3v) is 3.41. The van der Waals surface area contributed by atoms with Gasteiger partial charge in [-0.15, -0.1) is 22.9 Å². The highest BCUT2D eigenvalue weighted by molar-refractivity contribution is 9.11. The third kappa shape index (κ3) is 2.02. The number of rotatable bonds is 2. The first-order chi connectivity index (χ1) is 6.66. The van der Waals surface area contributed by atoms with Crippen molar-refractivity contribution in [3.63, 3.8) is 0 Å². The summed E-state index contributed by atoms with van der Waals surface area (Å²) in [5, 5.41) is 1.82. The van der Waals surface area contributed by atoms with Gasteiger partial charge in [0.15, 0.2) is 5.76 Å². The van der Waals surface area contributed by atoms with Crippen molar-refractivity contribution in [3.05, 3.63) is 27.3 Å². The maximum Gasteiger partial charge on any atom is 0.212 e. The van der Waals surface area contributed by atoms with E-state index in [4.69, 9.17) is 16.0 Å². The van der Waals surface area contributed by atoms with Gasteiger partial charge in [0.2, 0.25) is 5.89 Å². The van der Waals surface area contributed by atoms with Gasteiger partial charge < -0.3 is 4.42 Å². The first kappa shape index (κ1) is 10.2. The summed E-state index contributed by atoms with van der Waals surface area (Å²) in [6, 6.07) is 1.99. The molecular weight excluding hydrogens is 286 g/mol. The Balaban J connectivity index is 2.33. The highest BCUT2D eigenvalue weighted by atomic mass is 79.9. The number of nitrogens with zero attached hydrogens (tertiary/aromatic N) is 1. The molecule has 1 unspecified atom stereocenters. The van der Waals surface area contributed by atoms with Crippen molar-refractivity contribution in [1.29, 1.82) is 0 Å². The number of alkyl halides is 1. The molecule has 2 aromatic heterocycles. The largest absolute Gasteiger partial charge is 0.439 e. The summed E-state index contributed by atoms with van der Waals surface area (Å²) < 4.78 is 6.56. The number of hydrogen-bond donors (Lipinski definition) is 0. The molecule has 0 N–H and O–H groups in total. The minimum atomic E-state index is -0.189. The van der Waals surface area contributed by atoms with Gasteiger partial charge in [0.25, 0.3) is 0 Å². The Morgan fingerprint density at radius 1 is 1.64 bits per heavy atom. The zero-order valence-corrected chi connectivity index (χ0v) is 10.5. The Morgan fingerprint density at radius 3 is 2.93 bits per heavy atom. The van der Waals surface area contributed by atoms with Crippen LogP contribution in [0, 0.1) is 0 Å². The normalized spacial score (nSPS) is 13.1. The topological polar surface area (TPSA) is 26.0 Å². The molecular formula is C9H7BrClNOS. The van der Waals surface area contributed by atoms with Gasteiger partial charge in [-0.3, -0.25) is 0 Å². The summed E-state index contributed by atoms with van der Waals surface area (Å²) >= 11 is 10.9. The molecule has 14 heavy (non-hydrogen) atoms. The lowest BCUT2D eigenvalue weighted by Gasteiger charge is -1.93. The van der Waals surface area contributed by atoms with Crippen LogP contribution in [-0.2, 0) is 0 Å². The zero-order valence-electron chi connectivity index (χ0n) is 7.33. The van der Waals surface area contributed by atoms with Gasteiger partial charge in [0.1, 0.15) is 5.38 Å². The van der Waals surface area contributed by atoms with Crippen LogP contribution < -0.4 is 0 Å². The molecule has 0 saturated carbocycles. The quantitative estimate of drug-likeness (QED) is 0.764. The van der Waals surface area contributed by atoms with Crippen molar-refractivity contribution in [2.45, 2.75) is 12.3 Å². The van der Waals surface area contributed by atoms with Gasteiger partial charge in [0, 0.05) is 10.9 Å². The van der Waals surface area contributed by atoms with Gasteiger partial charge >= 0.3 is 0 Å². The molecule has 0 bridgehead atoms. The first-order valence-corrected chi connectivity index (χ1v) is 6.12. The molecule has 0 aliphatic heterocycles. The number of oxazole rings is 1. The van der Waals surface area contributed by atoms with Crippen LogP contribution in [-0.4, -0.2) is 4.98 Å². The van der Waals surface area contributed by atoms with Crippen LogP contribution in [0.2, 0.25) is 0 Å². The first-order valence-electron chi connectivity index (χ1n) is 4.01. The summed E-state index contributed by atoms with van der Waals surface area (Å²) in [6.07, 6.45) is 1.70. The van der Waals surface area contributed by atoms with E-state index in [1.807, 2.05) is 18.4 Å². The maximum atomic E-state index is 5.85. The fraction of sp³-hybridized carbons (Fsp3) is 0.222. The van der Waals surface area contributed by atoms with Crippen molar-refractivity contribution in [1.82, 2.24) is 4.98 Å². The highest BCUT2D eigenvalue weighted by Crippen LogP contribution is 2.31. The molecule has 2 aromatic rings. The van der Waals surface area contributed by atoms with E-state index in [0.29, 0.717) is 5.89 Å². The molecule has 0 amide bonds. The lowest BCUT2D eigenvalue weighted by Crippen LogP contribution is -1.80. The van der Waals surface area contributed by atoms with E-state index in [9.17, 15) is 0 Å². The standard InChI is InChI=1S/C9H7BrClNOS/c1-5(11)9-12-3-7(13-9)6-2-8(10)14-4-6/h2-5H,1H3. The van der Waals surface area contributed by atoms with E-state index in [1.165, 1.54) is 0 Å². The molecule has 2 heterocycles. The number of halogens is 2. The molecule has 0 fully saturated rings. The summed E-state index contributed by atoms with van der Waals surface area (Å²) in [6.45, 7) is 1.83. The Labute approximate surface area is 99.0 Å². The van der Waals surface area contributed by atoms with Crippen LogP contribution in [0.15, 0.2) is 25.8 Å². The van der Waals surface area contributed by atoms with Crippen molar-refractivity contribution in [2.75, 3.05) is 0 Å². The van der Waals surface area contributed by atoms with Crippen molar-refractivity contribution >= 4 is 38.9 Å². The molecule has 5 heteroatoms. The van der Waals surface area contributed by atoms with Gasteiger partial charge in [0.05, 0.1) is 9.98 Å². The minimum Gasteiger partial charge on any atom is -0.439 e. The van der Waals surface area contributed by atoms with Gasteiger partial charge in [-0.25, -0.2) is 4.98 Å². The SMILES string of the molecule is CC(Cl)c1ncc(-c2csc(Br)c2)o1. The number of aromatic nitrogens is 1. The van der Waals surface area contributed by atoms with Crippen LogP contribution in [0.5, 0.6) is 0 Å². The third-order valence-electron chi connectivity index (χ3n) is 1.72. The molecule has 0 radical (unpaired) electrons. The summed E-state index contributed by atoms with van der Waals surface area (Å²) in [4.78, 5) is 4.09. The maximum absolute atomic E-state index is 5.85. The molecule has 74 valence electrons. The van der Waals surface area contributed by atoms with E-state index >= 15 is 0 Å². The van der Waals surface area contributed by atoms with Crippen LogP contribution >= 0.6 is 38.9 Å². The monoisotopic (exact) mass is 291 g/mol. The second kappa shape index (κ2) is 4.04. The fourth-order valence-corrected chi connectivity index (χ4v) is 2.29. The van der Waals surface area contributed by atoms with E-state index in [2.05, 4.69) is 20.9 Å². The Bertz CT molecular complexity index is 437. The average Bonchev–Trinajstić information content (AvgIpc) is 2.70. The zero-order chi connectivity index (χ0) is 10.1. The van der Waals surface area contributed by atoms with Crippen molar-refractivity contribution in [3.8, 4) is 11.3 Å². The van der Waals surface area contributed by atoms with Crippen LogP contribution in [0.4, 0.5) is 0 Å². The smallest absolute Gasteiger partial charge is 0.212 e. The molecule has 1 atom stereocenters. The van der Waals surface area contributed by atoms with Crippen LogP contribution in [0.1, 0.15) is 18.2 Å². The Kier molecular flexibility index (Phi) is 2.95. The summed E-state index contributed by atoms with van der Waals surface area (Å²) in [5.41, 5.74) is 1.03. The van der Waals surface area contributed by atoms with E-state index in [0.717, 1.165) is 15.1 Å². The van der Waals surface area contributed by atoms with E-state index in [1.54, 1.807) is 17.5 Å². The number of hydrogen-bond acceptors (Lipinski definition) is 3. The Morgan fingerprint density at radius 2 is 2.43 bits per heavy atom. The second-order valence-corrected chi connectivity index (χ2v) is 5.76. The van der Waals surface area contributed by atoms with Gasteiger partial charge in [-0.2, -0.15) is 0 Å². The van der Waals surface area contributed by atoms with E-state index < -0.39 is 0 Å². The van der Waals surface area contributed by atoms with Gasteiger partial charge in [-0.05, 0) is 28.9 Å². The second-order valence-electron chi connectivity index (χ2n) is 2.82. The van der Waals surface area contributed by atoms with Crippen LogP contribution in [0.25, 0.3) is 11.3 Å². The Hall–Kier alpha value is -0.320. The molecule has 0 spiro atoms. The lowest BCUT2D eigenvalue weighted by atomic mass is 10.3. The number of thiophene rings is 1. The average molecular weight is 293 g/mol. The minimum absolute atomic E-state index is 0.189. The van der Waals surface area contributed by atoms with E-state index in [-0.39, 0.29) is 5.38 Å². The molecule has 0 aromatic carbocycles. The predicted octanol–water partition coefficient (Wildman–Crippen LogP) is 4.47. The highest BCUT2D eigenvalue weighted by Gasteiger charge is 2.11. The predicted molar refractivity (Wildman–Crippen MR) is 61.8 cm³/mol. The molecule has 0 saturated heterocycles. The summed E-state index contributed by atoms with van der Waals surface area (Å²) in [7, 11) is 0. The van der Waals surface area contributed by atoms with Gasteiger partial charge in [-0.1, -0.05) is 0 Å². The fourth-order valence-electron chi connectivity index (χ4n) is 1.04. The summed E-state index contributed by atoms with van der Waals surface area (Å²) in [5.74, 6) is 1.32. The molecule has 0 aliphatic carbocycles. The van der Waals surface area contributed by atoms with Crippen molar-refractivity contribution < 1.29 is 4.42 Å². The van der Waals surface area contributed by atoms with Crippen molar-refractivity contribution in [2.24, 2.45) is 0 Å². The molecule has 2 nitrogen and oxygen atoms in total. The van der Waals surface area contributed by atoms with Crippen LogP contribution in [0.3, 0.4) is 0 Å². The molecule has 2 rings (SSSR count). The lowest BCUT2D eigenvalue weighted by molar-refractivity contribution is 0.508.